The van der Waals surface area contributed by atoms with Crippen LogP contribution in [0.3, 0.4) is 0 Å². The highest BCUT2D eigenvalue weighted by Gasteiger charge is 2.32. The first-order chi connectivity index (χ1) is 9.99. The maximum atomic E-state index is 13.5. The van der Waals surface area contributed by atoms with Gasteiger partial charge in [-0.1, -0.05) is 12.2 Å². The van der Waals surface area contributed by atoms with Crippen molar-refractivity contribution in [1.29, 1.82) is 0 Å². The predicted octanol–water partition coefficient (Wildman–Crippen LogP) is 1.55. The molecule has 1 saturated heterocycles. The Morgan fingerprint density at radius 3 is 2.95 bits per heavy atom. The molecule has 0 bridgehead atoms. The highest BCUT2D eigenvalue weighted by Crippen LogP contribution is 2.15. The molecule has 0 aromatic heterocycles. The van der Waals surface area contributed by atoms with Gasteiger partial charge in [0.05, 0.1) is 12.7 Å². The van der Waals surface area contributed by atoms with Crippen LogP contribution in [0, 0.1) is 11.6 Å². The summed E-state index contributed by atoms with van der Waals surface area (Å²) in [7, 11) is 0. The monoisotopic (exact) mass is 296 g/mol. The number of nitrogens with zero attached hydrogens (tertiary/aromatic N) is 1. The molecule has 0 saturated carbocycles. The molecule has 0 aliphatic carbocycles. The van der Waals surface area contributed by atoms with Gasteiger partial charge in [-0.25, -0.2) is 8.78 Å². The number of halogens is 2. The predicted molar refractivity (Wildman–Crippen MR) is 75.4 cm³/mol. The van der Waals surface area contributed by atoms with Crippen molar-refractivity contribution in [3.8, 4) is 0 Å². The van der Waals surface area contributed by atoms with Gasteiger partial charge in [0.2, 0.25) is 5.91 Å². The van der Waals surface area contributed by atoms with Crippen LogP contribution >= 0.6 is 0 Å². The molecule has 1 aromatic carbocycles. The second-order valence-electron chi connectivity index (χ2n) is 4.99. The molecule has 0 spiro atoms. The Hall–Kier alpha value is -1.79. The fourth-order valence-corrected chi connectivity index (χ4v) is 2.45. The lowest BCUT2D eigenvalue weighted by Crippen LogP contribution is -2.56. The van der Waals surface area contributed by atoms with E-state index in [9.17, 15) is 13.6 Å². The van der Waals surface area contributed by atoms with Crippen LogP contribution < -0.4 is 5.73 Å². The van der Waals surface area contributed by atoms with Gasteiger partial charge in [-0.3, -0.25) is 9.69 Å². The summed E-state index contributed by atoms with van der Waals surface area (Å²) >= 11 is 0. The van der Waals surface area contributed by atoms with Gasteiger partial charge in [0, 0.05) is 24.7 Å². The third-order valence-electron chi connectivity index (χ3n) is 3.49. The van der Waals surface area contributed by atoms with Crippen molar-refractivity contribution in [2.24, 2.45) is 5.73 Å². The SMILES string of the molecule is C[C@H]1OCCN(C/C=C/c2ccc(F)cc2F)[C@@H]1C(N)=O. The Labute approximate surface area is 122 Å². The first kappa shape index (κ1) is 15.6. The van der Waals surface area contributed by atoms with E-state index in [0.717, 1.165) is 6.07 Å². The highest BCUT2D eigenvalue weighted by atomic mass is 19.1. The molecule has 6 heteroatoms. The van der Waals surface area contributed by atoms with Crippen LogP contribution in [0.5, 0.6) is 0 Å². The van der Waals surface area contributed by atoms with E-state index in [2.05, 4.69) is 0 Å². The Balaban J connectivity index is 2.03. The van der Waals surface area contributed by atoms with Crippen LogP contribution in [0.1, 0.15) is 12.5 Å². The molecule has 114 valence electrons. The minimum absolute atomic E-state index is 0.271. The Morgan fingerprint density at radius 2 is 2.29 bits per heavy atom. The van der Waals surface area contributed by atoms with E-state index in [0.29, 0.717) is 25.3 Å². The summed E-state index contributed by atoms with van der Waals surface area (Å²) in [5.41, 5.74) is 5.68. The van der Waals surface area contributed by atoms with Crippen molar-refractivity contribution in [3.63, 3.8) is 0 Å². The smallest absolute Gasteiger partial charge is 0.237 e. The quantitative estimate of drug-likeness (QED) is 0.917. The number of ether oxygens (including phenoxy) is 1. The Bertz CT molecular complexity index is 548. The third kappa shape index (κ3) is 3.86. The van der Waals surface area contributed by atoms with Crippen LogP contribution in [0.2, 0.25) is 0 Å². The zero-order valence-corrected chi connectivity index (χ0v) is 11.8. The van der Waals surface area contributed by atoms with Gasteiger partial charge in [0.15, 0.2) is 0 Å². The topological polar surface area (TPSA) is 55.6 Å². The number of rotatable bonds is 4. The largest absolute Gasteiger partial charge is 0.375 e. The Morgan fingerprint density at radius 1 is 1.52 bits per heavy atom. The minimum atomic E-state index is -0.618. The fraction of sp³-hybridized carbons (Fsp3) is 0.400. The number of benzene rings is 1. The number of hydrogen-bond donors (Lipinski definition) is 1. The van der Waals surface area contributed by atoms with Gasteiger partial charge in [-0.05, 0) is 19.1 Å². The van der Waals surface area contributed by atoms with Gasteiger partial charge in [0.1, 0.15) is 17.7 Å². The second kappa shape index (κ2) is 6.78. The maximum absolute atomic E-state index is 13.5. The van der Waals surface area contributed by atoms with E-state index < -0.39 is 23.6 Å². The number of carbonyl (C=O) groups is 1. The fourth-order valence-electron chi connectivity index (χ4n) is 2.45. The zero-order chi connectivity index (χ0) is 15.4. The lowest BCUT2D eigenvalue weighted by Gasteiger charge is -2.37. The van der Waals surface area contributed by atoms with Crippen molar-refractivity contribution in [3.05, 3.63) is 41.5 Å². The molecule has 1 heterocycles. The van der Waals surface area contributed by atoms with Crippen molar-refractivity contribution in [2.45, 2.75) is 19.1 Å². The summed E-state index contributed by atoms with van der Waals surface area (Å²) in [4.78, 5) is 13.4. The van der Waals surface area contributed by atoms with Crippen LogP contribution in [-0.2, 0) is 9.53 Å². The lowest BCUT2D eigenvalue weighted by molar-refractivity contribution is -0.134. The molecule has 2 atom stereocenters. The molecular formula is C15H18F2N2O2. The van der Waals surface area contributed by atoms with Gasteiger partial charge in [0.25, 0.3) is 0 Å². The van der Waals surface area contributed by atoms with Crippen LogP contribution in [0.15, 0.2) is 24.3 Å². The molecule has 0 unspecified atom stereocenters. The zero-order valence-electron chi connectivity index (χ0n) is 11.8. The van der Waals surface area contributed by atoms with E-state index in [1.807, 2.05) is 4.90 Å². The molecule has 0 radical (unpaired) electrons. The summed E-state index contributed by atoms with van der Waals surface area (Å²) < 4.78 is 31.7. The number of nitrogens with two attached hydrogens (primary N) is 1. The number of primary amides is 1. The molecule has 1 aromatic rings. The maximum Gasteiger partial charge on any atom is 0.237 e. The number of carbonyl (C=O) groups excluding carboxylic acids is 1. The number of morpholine rings is 1. The van der Waals surface area contributed by atoms with E-state index in [1.165, 1.54) is 12.1 Å². The highest BCUT2D eigenvalue weighted by molar-refractivity contribution is 5.80. The van der Waals surface area contributed by atoms with Crippen molar-refractivity contribution >= 4 is 12.0 Å². The molecule has 1 fully saturated rings. The van der Waals surface area contributed by atoms with E-state index >= 15 is 0 Å². The Kier molecular flexibility index (Phi) is 5.03. The normalized spacial score (nSPS) is 23.6. The van der Waals surface area contributed by atoms with Gasteiger partial charge >= 0.3 is 0 Å². The standard InChI is InChI=1S/C15H18F2N2O2/c1-10-14(15(18)20)19(7-8-21-10)6-2-3-11-4-5-12(16)9-13(11)17/h2-5,9-10,14H,6-8H2,1H3,(H2,18,20)/b3-2+/t10-,14+/m1/s1. The minimum Gasteiger partial charge on any atom is -0.375 e. The van der Waals surface area contributed by atoms with Crippen LogP contribution in [-0.4, -0.2) is 42.6 Å². The van der Waals surface area contributed by atoms with Crippen LogP contribution in [0.25, 0.3) is 6.08 Å². The van der Waals surface area contributed by atoms with Crippen molar-refractivity contribution in [2.75, 3.05) is 19.7 Å². The lowest BCUT2D eigenvalue weighted by atomic mass is 10.1. The van der Waals surface area contributed by atoms with E-state index in [-0.39, 0.29) is 6.10 Å². The summed E-state index contributed by atoms with van der Waals surface area (Å²) in [5, 5.41) is 0. The van der Waals surface area contributed by atoms with Crippen LogP contribution in [0.4, 0.5) is 8.78 Å². The summed E-state index contributed by atoms with van der Waals surface area (Å²) in [6.45, 7) is 3.33. The molecular weight excluding hydrogens is 278 g/mol. The van der Waals surface area contributed by atoms with E-state index in [4.69, 9.17) is 10.5 Å². The third-order valence-corrected chi connectivity index (χ3v) is 3.49. The molecule has 2 rings (SSSR count). The molecule has 4 nitrogen and oxygen atoms in total. The van der Waals surface area contributed by atoms with Gasteiger partial charge < -0.3 is 10.5 Å². The summed E-state index contributed by atoms with van der Waals surface area (Å²) in [6, 6.07) is 2.91. The first-order valence-corrected chi connectivity index (χ1v) is 6.75. The molecule has 1 amide bonds. The van der Waals surface area contributed by atoms with Gasteiger partial charge in [-0.2, -0.15) is 0 Å². The second-order valence-corrected chi connectivity index (χ2v) is 4.99. The average molecular weight is 296 g/mol. The first-order valence-electron chi connectivity index (χ1n) is 6.75. The number of hydrogen-bond acceptors (Lipinski definition) is 3. The summed E-state index contributed by atoms with van der Waals surface area (Å²) in [5.74, 6) is -1.67. The van der Waals surface area contributed by atoms with E-state index in [1.54, 1.807) is 19.1 Å². The number of amides is 1. The molecule has 1 aliphatic heterocycles. The summed E-state index contributed by atoms with van der Waals surface area (Å²) in [6.07, 6.45) is 3.02. The average Bonchev–Trinajstić information content (AvgIpc) is 2.41. The molecule has 1 aliphatic rings. The van der Waals surface area contributed by atoms with Crippen molar-refractivity contribution in [1.82, 2.24) is 4.90 Å². The van der Waals surface area contributed by atoms with Crippen molar-refractivity contribution < 1.29 is 18.3 Å². The molecule has 21 heavy (non-hydrogen) atoms. The molecule has 2 N–H and O–H groups in total. The van der Waals surface area contributed by atoms with Gasteiger partial charge in [-0.15, -0.1) is 0 Å².